The quantitative estimate of drug-likeness (QED) is 0.296. The van der Waals surface area contributed by atoms with Crippen molar-refractivity contribution < 1.29 is 22.9 Å². The standard InChI is InChI=1S/C18H19N5O6S/c1-13-5-7-16(8-6-13)30(28,29)21-12-17(24)19-11-18(25)22-20-10-14-3-2-4-15(9-14)23(26)27/h2-10,21H,11-12H2,1H3,(H,19,24)(H,22,25)/b20-10-. The van der Waals surface area contributed by atoms with Gasteiger partial charge in [0.2, 0.25) is 15.9 Å². The summed E-state index contributed by atoms with van der Waals surface area (Å²) in [4.78, 5) is 33.6. The number of nitro groups is 1. The van der Waals surface area contributed by atoms with Crippen LogP contribution < -0.4 is 15.5 Å². The Hall–Kier alpha value is -3.64. The molecular weight excluding hydrogens is 414 g/mol. The highest BCUT2D eigenvalue weighted by Gasteiger charge is 2.15. The minimum Gasteiger partial charge on any atom is -0.346 e. The first kappa shape index (κ1) is 22.6. The third-order valence-electron chi connectivity index (χ3n) is 3.68. The van der Waals surface area contributed by atoms with Crippen LogP contribution in [0.1, 0.15) is 11.1 Å². The number of non-ortho nitro benzene ring substituents is 1. The van der Waals surface area contributed by atoms with Gasteiger partial charge in [0.25, 0.3) is 11.6 Å². The topological polar surface area (TPSA) is 160 Å². The molecule has 0 fully saturated rings. The number of nitrogens with zero attached hydrogens (tertiary/aromatic N) is 2. The van der Waals surface area contributed by atoms with Crippen LogP contribution in [0.4, 0.5) is 5.69 Å². The summed E-state index contributed by atoms with van der Waals surface area (Å²) >= 11 is 0. The molecule has 0 radical (unpaired) electrons. The first-order valence-electron chi connectivity index (χ1n) is 8.57. The fraction of sp³-hybridized carbons (Fsp3) is 0.167. The summed E-state index contributed by atoms with van der Waals surface area (Å²) in [5.41, 5.74) is 3.32. The number of carbonyl (C=O) groups is 2. The monoisotopic (exact) mass is 433 g/mol. The lowest BCUT2D eigenvalue weighted by Crippen LogP contribution is -2.41. The highest BCUT2D eigenvalue weighted by atomic mass is 32.2. The zero-order valence-corrected chi connectivity index (χ0v) is 16.7. The average molecular weight is 433 g/mol. The van der Waals surface area contributed by atoms with E-state index in [1.54, 1.807) is 18.2 Å². The Kier molecular flexibility index (Phi) is 7.72. The minimum atomic E-state index is -3.85. The van der Waals surface area contributed by atoms with Crippen molar-refractivity contribution in [1.29, 1.82) is 0 Å². The van der Waals surface area contributed by atoms with Crippen molar-refractivity contribution in [3.63, 3.8) is 0 Å². The van der Waals surface area contributed by atoms with E-state index in [1.807, 2.05) is 6.92 Å². The van der Waals surface area contributed by atoms with Crippen molar-refractivity contribution >= 4 is 33.7 Å². The van der Waals surface area contributed by atoms with E-state index < -0.39 is 39.9 Å². The SMILES string of the molecule is Cc1ccc(S(=O)(=O)NCC(=O)NCC(=O)N/N=C\c2cccc([N+](=O)[O-])c2)cc1. The Labute approximate surface area is 172 Å². The minimum absolute atomic E-state index is 0.0223. The lowest BCUT2D eigenvalue weighted by Gasteiger charge is -2.07. The van der Waals surface area contributed by atoms with Gasteiger partial charge < -0.3 is 5.32 Å². The number of nitro benzene ring substituents is 1. The van der Waals surface area contributed by atoms with Gasteiger partial charge in [0, 0.05) is 17.7 Å². The van der Waals surface area contributed by atoms with Crippen LogP contribution in [-0.4, -0.2) is 44.5 Å². The van der Waals surface area contributed by atoms with Crippen LogP contribution in [0, 0.1) is 17.0 Å². The number of hydrogen-bond acceptors (Lipinski definition) is 7. The van der Waals surface area contributed by atoms with Crippen LogP contribution in [0.5, 0.6) is 0 Å². The van der Waals surface area contributed by atoms with Crippen molar-refractivity contribution in [3.8, 4) is 0 Å². The second-order valence-corrected chi connectivity index (χ2v) is 7.83. The van der Waals surface area contributed by atoms with Gasteiger partial charge in [-0.15, -0.1) is 0 Å². The fourth-order valence-electron chi connectivity index (χ4n) is 2.14. The number of amides is 2. The molecule has 0 heterocycles. The number of aryl methyl sites for hydroxylation is 1. The van der Waals surface area contributed by atoms with Gasteiger partial charge in [0.05, 0.1) is 29.1 Å². The van der Waals surface area contributed by atoms with E-state index in [0.717, 1.165) is 5.56 Å². The Balaban J connectivity index is 1.76. The van der Waals surface area contributed by atoms with Crippen molar-refractivity contribution in [1.82, 2.24) is 15.5 Å². The molecule has 2 aromatic rings. The molecular formula is C18H19N5O6S. The fourth-order valence-corrected chi connectivity index (χ4v) is 3.12. The Bertz CT molecular complexity index is 1070. The Morgan fingerprint density at radius 1 is 1.10 bits per heavy atom. The molecule has 11 nitrogen and oxygen atoms in total. The molecule has 2 aromatic carbocycles. The van der Waals surface area contributed by atoms with Crippen molar-refractivity contribution in [3.05, 3.63) is 69.8 Å². The van der Waals surface area contributed by atoms with E-state index in [4.69, 9.17) is 0 Å². The first-order chi connectivity index (χ1) is 14.2. The second-order valence-electron chi connectivity index (χ2n) is 6.06. The number of sulfonamides is 1. The van der Waals surface area contributed by atoms with E-state index in [0.29, 0.717) is 5.56 Å². The average Bonchev–Trinajstić information content (AvgIpc) is 2.71. The lowest BCUT2D eigenvalue weighted by molar-refractivity contribution is -0.384. The van der Waals surface area contributed by atoms with E-state index >= 15 is 0 Å². The van der Waals surface area contributed by atoms with Gasteiger partial charge in [-0.2, -0.15) is 5.10 Å². The maximum absolute atomic E-state index is 12.1. The van der Waals surface area contributed by atoms with E-state index in [-0.39, 0.29) is 10.6 Å². The van der Waals surface area contributed by atoms with Crippen LogP contribution in [0.15, 0.2) is 58.5 Å². The summed E-state index contributed by atoms with van der Waals surface area (Å²) in [6.45, 7) is 0.841. The van der Waals surface area contributed by atoms with Gasteiger partial charge in [-0.25, -0.2) is 18.6 Å². The van der Waals surface area contributed by atoms with Crippen LogP contribution >= 0.6 is 0 Å². The smallest absolute Gasteiger partial charge is 0.270 e. The highest BCUT2D eigenvalue weighted by molar-refractivity contribution is 7.89. The zero-order chi connectivity index (χ0) is 22.1. The van der Waals surface area contributed by atoms with Crippen LogP contribution in [0.2, 0.25) is 0 Å². The summed E-state index contributed by atoms with van der Waals surface area (Å²) in [7, 11) is -3.85. The number of hydrogen-bond donors (Lipinski definition) is 3. The maximum atomic E-state index is 12.1. The predicted molar refractivity (Wildman–Crippen MR) is 108 cm³/mol. The van der Waals surface area contributed by atoms with Gasteiger partial charge >= 0.3 is 0 Å². The number of rotatable bonds is 9. The summed E-state index contributed by atoms with van der Waals surface area (Å²) in [5.74, 6) is -1.37. The molecule has 3 N–H and O–H groups in total. The van der Waals surface area contributed by atoms with Gasteiger partial charge in [-0.1, -0.05) is 29.8 Å². The van der Waals surface area contributed by atoms with Crippen molar-refractivity contribution in [2.75, 3.05) is 13.1 Å². The molecule has 2 amide bonds. The van der Waals surface area contributed by atoms with Crippen molar-refractivity contribution in [2.24, 2.45) is 5.10 Å². The molecule has 0 spiro atoms. The molecule has 0 aromatic heterocycles. The summed E-state index contributed by atoms with van der Waals surface area (Å²) in [6, 6.07) is 11.7. The summed E-state index contributed by atoms with van der Waals surface area (Å²) < 4.78 is 26.3. The highest BCUT2D eigenvalue weighted by Crippen LogP contribution is 2.11. The predicted octanol–water partition coefficient (Wildman–Crippen LogP) is 0.448. The van der Waals surface area contributed by atoms with Gasteiger partial charge in [0.1, 0.15) is 0 Å². The molecule has 158 valence electrons. The van der Waals surface area contributed by atoms with Crippen LogP contribution in [0.25, 0.3) is 0 Å². The zero-order valence-electron chi connectivity index (χ0n) is 15.9. The molecule has 0 aliphatic carbocycles. The number of nitrogens with one attached hydrogen (secondary N) is 3. The Morgan fingerprint density at radius 2 is 1.80 bits per heavy atom. The third kappa shape index (κ3) is 7.07. The van der Waals surface area contributed by atoms with Gasteiger partial charge in [-0.3, -0.25) is 19.7 Å². The largest absolute Gasteiger partial charge is 0.346 e. The molecule has 30 heavy (non-hydrogen) atoms. The number of carbonyl (C=O) groups excluding carboxylic acids is 2. The third-order valence-corrected chi connectivity index (χ3v) is 5.10. The van der Waals surface area contributed by atoms with Gasteiger partial charge in [-0.05, 0) is 19.1 Å². The summed E-state index contributed by atoms with van der Waals surface area (Å²) in [5, 5.41) is 16.6. The molecule has 12 heteroatoms. The molecule has 0 bridgehead atoms. The second kappa shape index (κ2) is 10.2. The first-order valence-corrected chi connectivity index (χ1v) is 10.0. The van der Waals surface area contributed by atoms with Crippen LogP contribution in [-0.2, 0) is 19.6 Å². The number of benzene rings is 2. The molecule has 0 atom stereocenters. The molecule has 0 saturated carbocycles. The normalized spacial score (nSPS) is 11.2. The Morgan fingerprint density at radius 3 is 2.47 bits per heavy atom. The van der Waals surface area contributed by atoms with Gasteiger partial charge in [0.15, 0.2) is 0 Å². The molecule has 0 unspecified atom stereocenters. The molecule has 2 rings (SSSR count). The maximum Gasteiger partial charge on any atom is 0.270 e. The van der Waals surface area contributed by atoms with E-state index in [1.165, 1.54) is 36.5 Å². The van der Waals surface area contributed by atoms with Crippen LogP contribution in [0.3, 0.4) is 0 Å². The molecule has 0 aliphatic rings. The number of hydrazone groups is 1. The lowest BCUT2D eigenvalue weighted by atomic mass is 10.2. The molecule has 0 saturated heterocycles. The van der Waals surface area contributed by atoms with E-state index in [9.17, 15) is 28.1 Å². The van der Waals surface area contributed by atoms with E-state index in [2.05, 4.69) is 20.6 Å². The van der Waals surface area contributed by atoms with Crippen molar-refractivity contribution in [2.45, 2.75) is 11.8 Å². The molecule has 0 aliphatic heterocycles. The summed E-state index contributed by atoms with van der Waals surface area (Å²) in [6.07, 6.45) is 1.21.